The molecule has 1 aromatic carbocycles. The van der Waals surface area contributed by atoms with Crippen LogP contribution in [0.4, 0.5) is 0 Å². The van der Waals surface area contributed by atoms with E-state index in [-0.39, 0.29) is 12.4 Å². The molecule has 0 radical (unpaired) electrons. The average molecular weight is 189 g/mol. The van der Waals surface area contributed by atoms with Gasteiger partial charge in [0, 0.05) is 0 Å². The first-order chi connectivity index (χ1) is 5.16. The zero-order valence-corrected chi connectivity index (χ0v) is 8.23. The first-order valence-corrected chi connectivity index (χ1v) is 3.50. The van der Waals surface area contributed by atoms with E-state index in [0.29, 0.717) is 5.75 Å². The van der Waals surface area contributed by atoms with E-state index < -0.39 is 0 Å². The Morgan fingerprint density at radius 3 is 2.25 bits per heavy atom. The molecule has 2 nitrogen and oxygen atoms in total. The van der Waals surface area contributed by atoms with Crippen molar-refractivity contribution in [3.8, 4) is 11.5 Å². The van der Waals surface area contributed by atoms with Crippen molar-refractivity contribution < 1.29 is 9.84 Å². The van der Waals surface area contributed by atoms with Gasteiger partial charge in [-0.15, -0.1) is 12.4 Å². The van der Waals surface area contributed by atoms with Crippen LogP contribution in [0, 0.1) is 13.8 Å². The van der Waals surface area contributed by atoms with Gasteiger partial charge in [-0.2, -0.15) is 0 Å². The molecule has 0 aliphatic carbocycles. The van der Waals surface area contributed by atoms with Crippen LogP contribution in [0.15, 0.2) is 12.1 Å². The highest BCUT2D eigenvalue weighted by Crippen LogP contribution is 2.27. The molecule has 1 aromatic rings. The number of halogens is 1. The van der Waals surface area contributed by atoms with Crippen LogP contribution in [0.5, 0.6) is 11.5 Å². The van der Waals surface area contributed by atoms with Gasteiger partial charge in [0.05, 0.1) is 7.11 Å². The van der Waals surface area contributed by atoms with Crippen molar-refractivity contribution >= 4 is 12.4 Å². The Hall–Kier alpha value is -0.890. The molecule has 3 heteroatoms. The van der Waals surface area contributed by atoms with Gasteiger partial charge in [0.25, 0.3) is 0 Å². The molecule has 0 amide bonds. The van der Waals surface area contributed by atoms with E-state index in [1.807, 2.05) is 13.8 Å². The number of hydrogen-bond acceptors (Lipinski definition) is 2. The zero-order chi connectivity index (χ0) is 8.43. The number of rotatable bonds is 1. The lowest BCUT2D eigenvalue weighted by Gasteiger charge is -2.07. The maximum atomic E-state index is 9.26. The fourth-order valence-corrected chi connectivity index (χ4v) is 1.00. The van der Waals surface area contributed by atoms with Gasteiger partial charge in [0.2, 0.25) is 0 Å². The van der Waals surface area contributed by atoms with Crippen LogP contribution in [0.1, 0.15) is 11.1 Å². The lowest BCUT2D eigenvalue weighted by Crippen LogP contribution is -1.89. The molecule has 0 atom stereocenters. The van der Waals surface area contributed by atoms with Crippen molar-refractivity contribution in [3.05, 3.63) is 23.3 Å². The molecule has 0 aliphatic heterocycles. The Morgan fingerprint density at radius 2 is 1.75 bits per heavy atom. The van der Waals surface area contributed by atoms with Crippen molar-refractivity contribution in [1.29, 1.82) is 0 Å². The second kappa shape index (κ2) is 4.21. The van der Waals surface area contributed by atoms with Gasteiger partial charge >= 0.3 is 0 Å². The van der Waals surface area contributed by atoms with Gasteiger partial charge in [-0.05, 0) is 37.1 Å². The number of ether oxygens (including phenoxy) is 1. The van der Waals surface area contributed by atoms with Gasteiger partial charge in [0.15, 0.2) is 0 Å². The van der Waals surface area contributed by atoms with Gasteiger partial charge in [-0.1, -0.05) is 0 Å². The maximum Gasteiger partial charge on any atom is 0.122 e. The first-order valence-electron chi connectivity index (χ1n) is 3.50. The van der Waals surface area contributed by atoms with Crippen molar-refractivity contribution in [1.82, 2.24) is 0 Å². The standard InChI is InChI=1S/C9H12O2.ClH/c1-6-7(2)9(11-3)5-4-8(6)10;/h4-5,10H,1-3H3;1H. The van der Waals surface area contributed by atoms with Crippen LogP contribution in [-0.4, -0.2) is 12.2 Å². The third kappa shape index (κ3) is 1.83. The van der Waals surface area contributed by atoms with Crippen molar-refractivity contribution in [2.75, 3.05) is 7.11 Å². The highest BCUT2D eigenvalue weighted by Gasteiger charge is 2.03. The Morgan fingerprint density at radius 1 is 1.17 bits per heavy atom. The number of methoxy groups -OCH3 is 1. The van der Waals surface area contributed by atoms with E-state index in [1.54, 1.807) is 19.2 Å². The number of phenolic OH excluding ortho intramolecular Hbond substituents is 1. The van der Waals surface area contributed by atoms with Crippen molar-refractivity contribution in [3.63, 3.8) is 0 Å². The maximum absolute atomic E-state index is 9.26. The molecule has 1 rings (SSSR count). The predicted molar refractivity (Wildman–Crippen MR) is 51.4 cm³/mol. The summed E-state index contributed by atoms with van der Waals surface area (Å²) in [5.74, 6) is 1.14. The molecule has 0 fully saturated rings. The third-order valence-corrected chi connectivity index (χ3v) is 1.93. The summed E-state index contributed by atoms with van der Waals surface area (Å²) in [7, 11) is 1.62. The minimum atomic E-state index is 0. The summed E-state index contributed by atoms with van der Waals surface area (Å²) < 4.78 is 5.07. The van der Waals surface area contributed by atoms with Crippen LogP contribution in [0.25, 0.3) is 0 Å². The van der Waals surface area contributed by atoms with Crippen LogP contribution in [0.2, 0.25) is 0 Å². The predicted octanol–water partition coefficient (Wildman–Crippen LogP) is 2.44. The van der Waals surface area contributed by atoms with Crippen molar-refractivity contribution in [2.45, 2.75) is 13.8 Å². The van der Waals surface area contributed by atoms with Gasteiger partial charge < -0.3 is 9.84 Å². The number of benzene rings is 1. The molecular formula is C9H13ClO2. The first kappa shape index (κ1) is 11.1. The smallest absolute Gasteiger partial charge is 0.122 e. The number of hydrogen-bond donors (Lipinski definition) is 1. The van der Waals surface area contributed by atoms with Crippen LogP contribution in [0.3, 0.4) is 0 Å². The molecule has 0 aliphatic rings. The van der Waals surface area contributed by atoms with E-state index in [0.717, 1.165) is 16.9 Å². The minimum absolute atomic E-state index is 0. The Bertz CT molecular complexity index is 271. The van der Waals surface area contributed by atoms with Crippen LogP contribution < -0.4 is 4.74 Å². The van der Waals surface area contributed by atoms with Gasteiger partial charge in [-0.25, -0.2) is 0 Å². The highest BCUT2D eigenvalue weighted by atomic mass is 35.5. The molecule has 68 valence electrons. The summed E-state index contributed by atoms with van der Waals surface area (Å²) in [6.45, 7) is 3.79. The van der Waals surface area contributed by atoms with Crippen molar-refractivity contribution in [2.24, 2.45) is 0 Å². The van der Waals surface area contributed by atoms with Gasteiger partial charge in [-0.3, -0.25) is 0 Å². The van der Waals surface area contributed by atoms with Gasteiger partial charge in [0.1, 0.15) is 11.5 Å². The lowest BCUT2D eigenvalue weighted by atomic mass is 10.1. The van der Waals surface area contributed by atoms with Crippen LogP contribution in [-0.2, 0) is 0 Å². The van der Waals surface area contributed by atoms with Crippen LogP contribution >= 0.6 is 12.4 Å². The van der Waals surface area contributed by atoms with E-state index in [1.165, 1.54) is 0 Å². The molecule has 12 heavy (non-hydrogen) atoms. The minimum Gasteiger partial charge on any atom is -0.508 e. The Balaban J connectivity index is 0.00000121. The number of phenols is 1. The topological polar surface area (TPSA) is 29.5 Å². The quantitative estimate of drug-likeness (QED) is 0.734. The summed E-state index contributed by atoms with van der Waals surface area (Å²) in [6, 6.07) is 3.40. The average Bonchev–Trinajstić information content (AvgIpc) is 2.01. The molecule has 0 unspecified atom stereocenters. The molecule has 0 bridgehead atoms. The normalized spacial score (nSPS) is 8.92. The fraction of sp³-hybridized carbons (Fsp3) is 0.333. The van der Waals surface area contributed by atoms with E-state index in [9.17, 15) is 5.11 Å². The molecule has 0 aromatic heterocycles. The summed E-state index contributed by atoms with van der Waals surface area (Å²) in [6.07, 6.45) is 0. The zero-order valence-electron chi connectivity index (χ0n) is 7.42. The summed E-state index contributed by atoms with van der Waals surface area (Å²) in [4.78, 5) is 0. The summed E-state index contributed by atoms with van der Waals surface area (Å²) >= 11 is 0. The Labute approximate surface area is 78.6 Å². The second-order valence-corrected chi connectivity index (χ2v) is 2.54. The fourth-order valence-electron chi connectivity index (χ4n) is 1.00. The molecule has 0 heterocycles. The Kier molecular flexibility index (Phi) is 3.90. The molecule has 0 spiro atoms. The molecule has 0 saturated heterocycles. The molecular weight excluding hydrogens is 176 g/mol. The van der Waals surface area contributed by atoms with E-state index in [4.69, 9.17) is 4.74 Å². The third-order valence-electron chi connectivity index (χ3n) is 1.93. The highest BCUT2D eigenvalue weighted by molar-refractivity contribution is 5.85. The summed E-state index contributed by atoms with van der Waals surface area (Å²) in [5, 5.41) is 9.26. The summed E-state index contributed by atoms with van der Waals surface area (Å²) in [5.41, 5.74) is 1.87. The second-order valence-electron chi connectivity index (χ2n) is 2.54. The lowest BCUT2D eigenvalue weighted by molar-refractivity contribution is 0.408. The largest absolute Gasteiger partial charge is 0.508 e. The SMILES string of the molecule is COc1ccc(O)c(C)c1C.Cl. The molecule has 0 saturated carbocycles. The van der Waals surface area contributed by atoms with E-state index in [2.05, 4.69) is 0 Å². The number of aromatic hydroxyl groups is 1. The molecule has 1 N–H and O–H groups in total. The monoisotopic (exact) mass is 188 g/mol. The van der Waals surface area contributed by atoms with E-state index >= 15 is 0 Å².